The van der Waals surface area contributed by atoms with Gasteiger partial charge in [-0.05, 0) is 0 Å². The quantitative estimate of drug-likeness (QED) is 0.170. The Kier molecular flexibility index (Phi) is 11.1. The van der Waals surface area contributed by atoms with Crippen LogP contribution in [0.5, 0.6) is 0 Å². The molecule has 1 aliphatic rings. The van der Waals surface area contributed by atoms with Crippen LogP contribution in [0.4, 0.5) is 0 Å². The van der Waals surface area contributed by atoms with Crippen molar-refractivity contribution in [2.75, 3.05) is 0 Å². The van der Waals surface area contributed by atoms with Crippen molar-refractivity contribution in [1.82, 2.24) is 0 Å². The zero-order valence-electron chi connectivity index (χ0n) is 24.7. The van der Waals surface area contributed by atoms with E-state index in [1.807, 2.05) is 16.2 Å². The Morgan fingerprint density at radius 3 is 1.31 bits per heavy atom. The first kappa shape index (κ1) is 30.8. The van der Waals surface area contributed by atoms with Gasteiger partial charge in [-0.3, -0.25) is 0 Å². The third-order valence-corrected chi connectivity index (χ3v) is 35.6. The molecule has 1 aliphatic heterocycles. The Bertz CT molecular complexity index is 882. The van der Waals surface area contributed by atoms with Crippen molar-refractivity contribution in [3.63, 3.8) is 0 Å². The van der Waals surface area contributed by atoms with Gasteiger partial charge in [-0.2, -0.15) is 0 Å². The molecular formula is C30H54S2SiSn2. The second-order valence-corrected chi connectivity index (χ2v) is 50.5. The summed E-state index contributed by atoms with van der Waals surface area (Å²) < 4.78 is 3.67. The molecule has 0 bridgehead atoms. The van der Waals surface area contributed by atoms with Crippen LogP contribution in [0.15, 0.2) is 12.1 Å². The fourth-order valence-electron chi connectivity index (χ4n) is 6.11. The number of hydrogen-bond acceptors (Lipinski definition) is 2. The summed E-state index contributed by atoms with van der Waals surface area (Å²) in [7, 11) is -1.77. The molecule has 35 heavy (non-hydrogen) atoms. The second kappa shape index (κ2) is 12.6. The fourth-order valence-corrected chi connectivity index (χ4v) is 27.7. The minimum absolute atomic E-state index is 0.909. The minimum atomic E-state index is -2.12. The van der Waals surface area contributed by atoms with Crippen molar-refractivity contribution in [1.29, 1.82) is 0 Å². The molecule has 0 spiro atoms. The molecule has 0 fully saturated rings. The zero-order valence-corrected chi connectivity index (χ0v) is 33.0. The molecule has 0 saturated heterocycles. The summed E-state index contributed by atoms with van der Waals surface area (Å²) in [4.78, 5) is 19.4. The number of unbranched alkanes of at least 4 members (excludes halogenated alkanes) is 2. The van der Waals surface area contributed by atoms with Gasteiger partial charge in [0.1, 0.15) is 0 Å². The van der Waals surface area contributed by atoms with Crippen LogP contribution >= 0.6 is 22.7 Å². The summed E-state index contributed by atoms with van der Waals surface area (Å²) in [5.41, 5.74) is 0. The van der Waals surface area contributed by atoms with Gasteiger partial charge in [0.25, 0.3) is 0 Å². The molecule has 2 unspecified atom stereocenters. The van der Waals surface area contributed by atoms with E-state index in [1.165, 1.54) is 63.5 Å². The summed E-state index contributed by atoms with van der Waals surface area (Å²) in [5, 5.41) is 3.84. The first-order valence-corrected chi connectivity index (χ1v) is 38.7. The molecule has 0 aliphatic carbocycles. The third-order valence-electron chi connectivity index (χ3n) is 8.54. The van der Waals surface area contributed by atoms with Crippen LogP contribution in [0, 0.1) is 11.8 Å². The molecule has 0 amide bonds. The first-order chi connectivity index (χ1) is 16.4. The van der Waals surface area contributed by atoms with Gasteiger partial charge in [-0.1, -0.05) is 0 Å². The summed E-state index contributed by atoms with van der Waals surface area (Å²) in [5.74, 6) is 1.82. The van der Waals surface area contributed by atoms with Gasteiger partial charge >= 0.3 is 238 Å². The monoisotopic (exact) mass is 746 g/mol. The average molecular weight is 744 g/mol. The topological polar surface area (TPSA) is 0 Å². The Labute approximate surface area is 235 Å². The van der Waals surface area contributed by atoms with Crippen LogP contribution in [-0.2, 0) is 0 Å². The molecule has 5 heteroatoms. The van der Waals surface area contributed by atoms with Gasteiger partial charge in [0, 0.05) is 0 Å². The van der Waals surface area contributed by atoms with E-state index in [-0.39, 0.29) is 0 Å². The average Bonchev–Trinajstić information content (AvgIpc) is 3.47. The van der Waals surface area contributed by atoms with Crippen molar-refractivity contribution < 1.29 is 0 Å². The van der Waals surface area contributed by atoms with E-state index in [0.717, 1.165) is 11.8 Å². The molecule has 2 aromatic heterocycles. The van der Waals surface area contributed by atoms with Gasteiger partial charge in [0.2, 0.25) is 0 Å². The van der Waals surface area contributed by atoms with Crippen molar-refractivity contribution in [2.45, 2.75) is 121 Å². The molecule has 0 aromatic carbocycles. The van der Waals surface area contributed by atoms with Crippen LogP contribution in [-0.4, -0.2) is 44.8 Å². The number of fused-ring (bicyclic) bond motifs is 3. The predicted octanol–water partition coefficient (Wildman–Crippen LogP) is 8.88. The van der Waals surface area contributed by atoms with Gasteiger partial charge in [-0.25, -0.2) is 0 Å². The molecule has 3 rings (SSSR count). The predicted molar refractivity (Wildman–Crippen MR) is 175 cm³/mol. The van der Waals surface area contributed by atoms with Gasteiger partial charge < -0.3 is 0 Å². The Morgan fingerprint density at radius 1 is 0.657 bits per heavy atom. The van der Waals surface area contributed by atoms with Crippen LogP contribution < -0.4 is 16.2 Å². The van der Waals surface area contributed by atoms with Gasteiger partial charge in [0.05, 0.1) is 0 Å². The van der Waals surface area contributed by atoms with Crippen molar-refractivity contribution in [3.05, 3.63) is 12.1 Å². The van der Waals surface area contributed by atoms with Gasteiger partial charge in [0.15, 0.2) is 0 Å². The second-order valence-electron chi connectivity index (χ2n) is 13.5. The summed E-state index contributed by atoms with van der Waals surface area (Å²) in [6.45, 7) is 9.74. The van der Waals surface area contributed by atoms with E-state index in [9.17, 15) is 0 Å². The van der Waals surface area contributed by atoms with Crippen molar-refractivity contribution in [2.24, 2.45) is 11.8 Å². The van der Waals surface area contributed by atoms with Crippen LogP contribution in [0.3, 0.4) is 0 Å². The Hall–Kier alpha value is 1.21. The zero-order chi connectivity index (χ0) is 26.0. The summed E-state index contributed by atoms with van der Waals surface area (Å²) in [6, 6.07) is 8.73. The molecular weight excluding hydrogens is 690 g/mol. The molecule has 0 saturated carbocycles. The van der Waals surface area contributed by atoms with E-state index in [2.05, 4.69) is 92.1 Å². The molecule has 0 nitrogen and oxygen atoms in total. The normalized spacial score (nSPS) is 16.9. The maximum atomic E-state index is 2.84. The van der Waals surface area contributed by atoms with Crippen molar-refractivity contribution >= 4 is 83.7 Å². The standard InChI is InChI=1S/C24H36S2Si.6CH3.2Sn/c1-5-9-11-19(7-3)17-27(18-20(8-4)12-10-6-2)21-13-15-25-23(21)24-22(27)14-16-26-24;;;;;;;;/h13-14,19-20H,5-12,17-18H2,1-4H3;6*1H3;;. The molecule has 198 valence electrons. The van der Waals surface area contributed by atoms with E-state index >= 15 is 0 Å². The molecule has 3 heterocycles. The Balaban J connectivity index is 2.23. The number of hydrogen-bond donors (Lipinski definition) is 0. The van der Waals surface area contributed by atoms with E-state index in [0.29, 0.717) is 0 Å². The molecule has 0 N–H and O–H groups in total. The van der Waals surface area contributed by atoms with E-state index in [4.69, 9.17) is 0 Å². The van der Waals surface area contributed by atoms with Gasteiger partial charge in [-0.15, -0.1) is 0 Å². The SMILES string of the molecule is CCCCC(CC)C[Si]1(CC(CC)CCCC)c2c[c]([Sn]([CH3])([CH3])[CH3])sc2-c2s[c]([Sn]([CH3])([CH3])[CH3])cc21. The van der Waals surface area contributed by atoms with E-state index < -0.39 is 44.8 Å². The van der Waals surface area contributed by atoms with Crippen LogP contribution in [0.2, 0.25) is 41.7 Å². The number of thiophene rings is 2. The maximum absolute atomic E-state index is 2.84. The van der Waals surface area contributed by atoms with Crippen molar-refractivity contribution in [3.8, 4) is 9.75 Å². The summed E-state index contributed by atoms with van der Waals surface area (Å²) in [6.07, 6.45) is 11.2. The third kappa shape index (κ3) is 6.87. The van der Waals surface area contributed by atoms with Crippen LogP contribution in [0.1, 0.15) is 79.1 Å². The van der Waals surface area contributed by atoms with Crippen LogP contribution in [0.25, 0.3) is 9.75 Å². The number of rotatable bonds is 14. The molecule has 2 aromatic rings. The first-order valence-electron chi connectivity index (χ1n) is 14.7. The fraction of sp³-hybridized carbons (Fsp3) is 0.733. The molecule has 0 radical (unpaired) electrons. The molecule has 2 atom stereocenters. The summed E-state index contributed by atoms with van der Waals surface area (Å²) >= 11 is 0.285. The Morgan fingerprint density at radius 2 is 1.03 bits per heavy atom. The van der Waals surface area contributed by atoms with E-state index in [1.54, 1.807) is 9.75 Å².